The van der Waals surface area contributed by atoms with Crippen molar-refractivity contribution in [3.63, 3.8) is 0 Å². The Morgan fingerprint density at radius 3 is 1.92 bits per heavy atom. The SMILES string of the molecule is CCCCCCC[N+](CC)(CC)CCOCCO.O=C([O-])C(F)(F)F. The molecule has 0 atom stereocenters. The molecule has 0 rings (SSSR count). The van der Waals surface area contributed by atoms with Gasteiger partial charge in [0.25, 0.3) is 0 Å². The molecule has 8 heteroatoms. The minimum Gasteiger partial charge on any atom is -0.542 e. The Morgan fingerprint density at radius 1 is 1.00 bits per heavy atom. The van der Waals surface area contributed by atoms with Crippen molar-refractivity contribution in [1.29, 1.82) is 0 Å². The van der Waals surface area contributed by atoms with Gasteiger partial charge in [-0.05, 0) is 26.7 Å². The minimum atomic E-state index is -5.19. The Kier molecular flexibility index (Phi) is 16.2. The molecule has 0 aliphatic heterocycles. The topological polar surface area (TPSA) is 69.6 Å². The predicted molar refractivity (Wildman–Crippen MR) is 88.8 cm³/mol. The summed E-state index contributed by atoms with van der Waals surface area (Å²) in [6.07, 6.45) is 1.58. The van der Waals surface area contributed by atoms with Gasteiger partial charge in [0.1, 0.15) is 12.5 Å². The lowest BCUT2D eigenvalue weighted by molar-refractivity contribution is -0.925. The molecule has 5 nitrogen and oxygen atoms in total. The van der Waals surface area contributed by atoms with Crippen molar-refractivity contribution in [2.45, 2.75) is 59.1 Å². The average Bonchev–Trinajstić information content (AvgIpc) is 2.56. The monoisotopic (exact) mass is 373 g/mol. The number of ether oxygens (including phenoxy) is 1. The zero-order valence-electron chi connectivity index (χ0n) is 15.7. The van der Waals surface area contributed by atoms with Gasteiger partial charge in [-0.3, -0.25) is 0 Å². The van der Waals surface area contributed by atoms with Gasteiger partial charge in [0, 0.05) is 0 Å². The zero-order valence-corrected chi connectivity index (χ0v) is 15.7. The number of nitrogens with zero attached hydrogens (tertiary/aromatic N) is 1. The predicted octanol–water partition coefficient (Wildman–Crippen LogP) is 2.12. The van der Waals surface area contributed by atoms with Crippen molar-refractivity contribution >= 4 is 5.97 Å². The number of rotatable bonds is 13. The Balaban J connectivity index is 0. The molecule has 0 aromatic carbocycles. The van der Waals surface area contributed by atoms with Crippen LogP contribution in [0.2, 0.25) is 0 Å². The maximum absolute atomic E-state index is 10.5. The second-order valence-corrected chi connectivity index (χ2v) is 5.96. The second kappa shape index (κ2) is 15.4. The summed E-state index contributed by atoms with van der Waals surface area (Å²) in [5.41, 5.74) is 0. The van der Waals surface area contributed by atoms with Crippen molar-refractivity contribution in [3.8, 4) is 0 Å². The van der Waals surface area contributed by atoms with Gasteiger partial charge in [-0.15, -0.1) is 0 Å². The summed E-state index contributed by atoms with van der Waals surface area (Å²) in [5, 5.41) is 17.5. The van der Waals surface area contributed by atoms with E-state index >= 15 is 0 Å². The summed E-state index contributed by atoms with van der Waals surface area (Å²) in [6.45, 7) is 12.9. The van der Waals surface area contributed by atoms with E-state index in [2.05, 4.69) is 20.8 Å². The highest BCUT2D eigenvalue weighted by molar-refractivity contribution is 5.70. The Morgan fingerprint density at radius 2 is 1.52 bits per heavy atom. The lowest BCUT2D eigenvalue weighted by Crippen LogP contribution is -2.50. The molecular weight excluding hydrogens is 339 g/mol. The summed E-state index contributed by atoms with van der Waals surface area (Å²) in [7, 11) is 0. The highest BCUT2D eigenvalue weighted by Gasteiger charge is 2.28. The zero-order chi connectivity index (χ0) is 19.8. The Bertz CT molecular complexity index is 322. The van der Waals surface area contributed by atoms with Gasteiger partial charge in [0.05, 0.1) is 39.5 Å². The molecular formula is C17H34F3NO4. The molecule has 152 valence electrons. The van der Waals surface area contributed by atoms with E-state index in [4.69, 9.17) is 19.7 Å². The van der Waals surface area contributed by atoms with Crippen molar-refractivity contribution < 1.29 is 37.4 Å². The second-order valence-electron chi connectivity index (χ2n) is 5.96. The molecule has 0 aliphatic carbocycles. The van der Waals surface area contributed by atoms with E-state index in [9.17, 15) is 13.2 Å². The van der Waals surface area contributed by atoms with Crippen LogP contribution in [0.3, 0.4) is 0 Å². The van der Waals surface area contributed by atoms with E-state index in [1.807, 2.05) is 0 Å². The molecule has 0 saturated heterocycles. The quantitative estimate of drug-likeness (QED) is 0.397. The van der Waals surface area contributed by atoms with E-state index in [0.717, 1.165) is 17.6 Å². The molecule has 25 heavy (non-hydrogen) atoms. The Labute approximate surface area is 149 Å². The van der Waals surface area contributed by atoms with E-state index in [-0.39, 0.29) is 6.61 Å². The number of aliphatic hydroxyl groups is 1. The third kappa shape index (κ3) is 15.1. The molecule has 0 heterocycles. The van der Waals surface area contributed by atoms with Crippen LogP contribution in [0.15, 0.2) is 0 Å². The van der Waals surface area contributed by atoms with Gasteiger partial charge in [-0.25, -0.2) is 0 Å². The molecule has 0 spiro atoms. The summed E-state index contributed by atoms with van der Waals surface area (Å²) < 4.78 is 38.1. The standard InChI is InChI=1S/C15H34NO2.C2HF3O2/c1-4-7-8-9-10-11-16(5-2,6-3)12-14-18-15-13-17;3-2(4,5)1(6)7/h17H,4-15H2,1-3H3;(H,6,7)/q+1;/p-1. The molecule has 0 saturated carbocycles. The number of unbranched alkanes of at least 4 members (excludes halogenated alkanes) is 4. The number of halogens is 3. The fourth-order valence-corrected chi connectivity index (χ4v) is 2.44. The van der Waals surface area contributed by atoms with Crippen LogP contribution in [0.1, 0.15) is 52.9 Å². The molecule has 0 fully saturated rings. The molecule has 0 unspecified atom stereocenters. The molecule has 0 radical (unpaired) electrons. The van der Waals surface area contributed by atoms with Crippen LogP contribution in [0, 0.1) is 0 Å². The van der Waals surface area contributed by atoms with Gasteiger partial charge < -0.3 is 24.2 Å². The number of carboxylic acid groups (broad SMARTS) is 1. The van der Waals surface area contributed by atoms with Gasteiger partial charge in [0.15, 0.2) is 0 Å². The summed E-state index contributed by atoms with van der Waals surface area (Å²) in [4.78, 5) is 8.78. The first-order valence-electron chi connectivity index (χ1n) is 9.01. The van der Waals surface area contributed by atoms with Crippen LogP contribution in [0.5, 0.6) is 0 Å². The number of carboxylic acids is 1. The van der Waals surface area contributed by atoms with Gasteiger partial charge in [-0.1, -0.05) is 26.2 Å². The maximum atomic E-state index is 10.5. The minimum absolute atomic E-state index is 0.134. The third-order valence-electron chi connectivity index (χ3n) is 4.25. The molecule has 0 amide bonds. The van der Waals surface area contributed by atoms with E-state index in [0.29, 0.717) is 6.61 Å². The number of aliphatic hydroxyl groups excluding tert-OH is 1. The maximum Gasteiger partial charge on any atom is 0.430 e. The van der Waals surface area contributed by atoms with Crippen molar-refractivity contribution in [2.75, 3.05) is 46.0 Å². The number of carbonyl (C=O) groups is 1. The van der Waals surface area contributed by atoms with Crippen molar-refractivity contribution in [3.05, 3.63) is 0 Å². The van der Waals surface area contributed by atoms with Gasteiger partial charge >= 0.3 is 6.18 Å². The van der Waals surface area contributed by atoms with Gasteiger partial charge in [0.2, 0.25) is 0 Å². The Hall–Kier alpha value is -0.860. The largest absolute Gasteiger partial charge is 0.542 e. The highest BCUT2D eigenvalue weighted by Crippen LogP contribution is 2.12. The van der Waals surface area contributed by atoms with Crippen LogP contribution >= 0.6 is 0 Å². The normalized spacial score (nSPS) is 11.8. The van der Waals surface area contributed by atoms with Crippen LogP contribution in [0.4, 0.5) is 13.2 Å². The number of quaternary nitrogens is 1. The van der Waals surface area contributed by atoms with Crippen molar-refractivity contribution in [2.24, 2.45) is 0 Å². The van der Waals surface area contributed by atoms with E-state index in [1.54, 1.807) is 0 Å². The lowest BCUT2D eigenvalue weighted by atomic mass is 10.1. The number of alkyl halides is 3. The first-order valence-corrected chi connectivity index (χ1v) is 9.01. The molecule has 0 aromatic heterocycles. The summed E-state index contributed by atoms with van der Waals surface area (Å²) >= 11 is 0. The summed E-state index contributed by atoms with van der Waals surface area (Å²) in [5.74, 6) is -3.01. The van der Waals surface area contributed by atoms with Crippen LogP contribution in [0.25, 0.3) is 0 Å². The van der Waals surface area contributed by atoms with E-state index in [1.165, 1.54) is 51.7 Å². The van der Waals surface area contributed by atoms with Crippen LogP contribution in [-0.2, 0) is 9.53 Å². The number of aliphatic carboxylic acids is 1. The number of carbonyl (C=O) groups excluding carboxylic acids is 1. The lowest BCUT2D eigenvalue weighted by Gasteiger charge is -2.37. The van der Waals surface area contributed by atoms with Crippen molar-refractivity contribution in [1.82, 2.24) is 0 Å². The molecule has 0 bridgehead atoms. The van der Waals surface area contributed by atoms with Crippen LogP contribution < -0.4 is 5.11 Å². The van der Waals surface area contributed by atoms with E-state index < -0.39 is 12.1 Å². The first-order chi connectivity index (χ1) is 11.7. The molecule has 0 aliphatic rings. The van der Waals surface area contributed by atoms with Gasteiger partial charge in [-0.2, -0.15) is 13.2 Å². The first kappa shape index (κ1) is 26.4. The summed E-state index contributed by atoms with van der Waals surface area (Å²) in [6, 6.07) is 0. The van der Waals surface area contributed by atoms with Crippen LogP contribution in [-0.4, -0.2) is 67.7 Å². The smallest absolute Gasteiger partial charge is 0.430 e. The third-order valence-corrected chi connectivity index (χ3v) is 4.25. The average molecular weight is 373 g/mol. The molecule has 1 N–H and O–H groups in total. The fourth-order valence-electron chi connectivity index (χ4n) is 2.44. The number of hydrogen-bond acceptors (Lipinski definition) is 4. The number of likely N-dealkylation sites (N-methyl/N-ethyl adjacent to an activating group) is 1. The molecule has 0 aromatic rings. The fraction of sp³-hybridized carbons (Fsp3) is 0.941. The highest BCUT2D eigenvalue weighted by atomic mass is 19.4. The number of hydrogen-bond donors (Lipinski definition) is 1.